The molecule has 1 N–H and O–H groups in total. The third-order valence-corrected chi connectivity index (χ3v) is 4.89. The van der Waals surface area contributed by atoms with Crippen LogP contribution in [0.1, 0.15) is 5.56 Å². The molecule has 1 aromatic heterocycles. The Morgan fingerprint density at radius 2 is 1.70 bits per heavy atom. The second kappa shape index (κ2) is 7.98. The van der Waals surface area contributed by atoms with Crippen LogP contribution in [0, 0.1) is 11.3 Å². The van der Waals surface area contributed by atoms with Crippen molar-refractivity contribution < 1.29 is 14.3 Å². The van der Waals surface area contributed by atoms with Crippen LogP contribution in [0.5, 0.6) is 0 Å². The number of anilines is 2. The Morgan fingerprint density at radius 1 is 1.00 bits per heavy atom. The van der Waals surface area contributed by atoms with Crippen molar-refractivity contribution >= 4 is 34.4 Å². The number of furan rings is 1. The summed E-state index contributed by atoms with van der Waals surface area (Å²) in [5, 5.41) is 18.9. The van der Waals surface area contributed by atoms with Gasteiger partial charge >= 0.3 is 5.97 Å². The molecule has 0 aliphatic carbocycles. The van der Waals surface area contributed by atoms with Crippen molar-refractivity contribution in [3.63, 3.8) is 0 Å². The fourth-order valence-electron chi connectivity index (χ4n) is 3.24. The first-order valence-electron chi connectivity index (χ1n) is 9.33. The molecule has 0 amide bonds. The molecule has 0 spiro atoms. The molecule has 0 fully saturated rings. The van der Waals surface area contributed by atoms with E-state index in [2.05, 4.69) is 17.0 Å². The number of nitrogens with zero attached hydrogens (tertiary/aromatic N) is 2. The van der Waals surface area contributed by atoms with Gasteiger partial charge in [-0.05, 0) is 60.2 Å². The van der Waals surface area contributed by atoms with Crippen molar-refractivity contribution in [3.05, 3.63) is 90.0 Å². The summed E-state index contributed by atoms with van der Waals surface area (Å²) in [6, 6.07) is 27.2. The number of para-hydroxylation sites is 1. The first-order valence-corrected chi connectivity index (χ1v) is 9.33. The predicted octanol–water partition coefficient (Wildman–Crippen LogP) is 5.86. The highest BCUT2D eigenvalue weighted by atomic mass is 16.4. The molecule has 0 saturated carbocycles. The number of carbonyl (C=O) groups is 1. The molecule has 5 nitrogen and oxygen atoms in total. The van der Waals surface area contributed by atoms with E-state index in [1.54, 1.807) is 18.2 Å². The third-order valence-electron chi connectivity index (χ3n) is 4.89. The molecule has 30 heavy (non-hydrogen) atoms. The minimum absolute atomic E-state index is 0.320. The summed E-state index contributed by atoms with van der Waals surface area (Å²) < 4.78 is 5.98. The van der Waals surface area contributed by atoms with E-state index >= 15 is 0 Å². The van der Waals surface area contributed by atoms with Crippen LogP contribution < -0.4 is 4.90 Å². The van der Waals surface area contributed by atoms with Crippen LogP contribution in [0.4, 0.5) is 11.4 Å². The molecule has 0 aliphatic rings. The van der Waals surface area contributed by atoms with Gasteiger partial charge in [0.05, 0.1) is 0 Å². The monoisotopic (exact) mass is 394 g/mol. The number of carboxylic acids is 1. The zero-order chi connectivity index (χ0) is 21.1. The number of aliphatic carboxylic acids is 1. The van der Waals surface area contributed by atoms with Gasteiger partial charge in [0.25, 0.3) is 0 Å². The molecule has 3 aromatic carbocycles. The van der Waals surface area contributed by atoms with Crippen LogP contribution in [0.3, 0.4) is 0 Å². The van der Waals surface area contributed by atoms with Gasteiger partial charge in [0.1, 0.15) is 23.0 Å². The van der Waals surface area contributed by atoms with Crippen molar-refractivity contribution in [1.82, 2.24) is 0 Å². The van der Waals surface area contributed by atoms with Crippen LogP contribution in [0.2, 0.25) is 0 Å². The van der Waals surface area contributed by atoms with Gasteiger partial charge in [-0.1, -0.05) is 30.3 Å². The zero-order valence-corrected chi connectivity index (χ0v) is 16.2. The van der Waals surface area contributed by atoms with Gasteiger partial charge in [-0.2, -0.15) is 5.26 Å². The smallest absolute Gasteiger partial charge is 0.346 e. The minimum Gasteiger partial charge on any atom is -0.477 e. The van der Waals surface area contributed by atoms with Gasteiger partial charge in [0.15, 0.2) is 0 Å². The Balaban J connectivity index is 1.62. The van der Waals surface area contributed by atoms with E-state index < -0.39 is 5.97 Å². The van der Waals surface area contributed by atoms with E-state index in [0.29, 0.717) is 11.1 Å². The Bertz CT molecular complexity index is 1280. The number of hydrogen-bond acceptors (Lipinski definition) is 4. The molecule has 1 heterocycles. The van der Waals surface area contributed by atoms with E-state index in [-0.39, 0.29) is 5.57 Å². The maximum absolute atomic E-state index is 11.0. The molecule has 4 aromatic rings. The lowest BCUT2D eigenvalue weighted by Crippen LogP contribution is -2.08. The second-order valence-electron chi connectivity index (χ2n) is 6.82. The molecule has 146 valence electrons. The van der Waals surface area contributed by atoms with E-state index in [1.807, 2.05) is 61.6 Å². The Hall–Kier alpha value is -4.30. The van der Waals surface area contributed by atoms with Crippen LogP contribution in [-0.4, -0.2) is 18.1 Å². The molecule has 0 aliphatic heterocycles. The highest BCUT2D eigenvalue weighted by molar-refractivity contribution is 5.97. The number of nitriles is 1. The number of carboxylic acid groups (broad SMARTS) is 1. The van der Waals surface area contributed by atoms with Crippen LogP contribution in [0.25, 0.3) is 28.4 Å². The number of rotatable bonds is 5. The Kier molecular flexibility index (Phi) is 5.06. The normalized spacial score (nSPS) is 11.3. The average molecular weight is 394 g/mol. The Morgan fingerprint density at radius 3 is 2.37 bits per heavy atom. The fraction of sp³-hybridized carbons (Fsp3) is 0.0400. The van der Waals surface area contributed by atoms with Gasteiger partial charge < -0.3 is 14.4 Å². The molecular formula is C25H18N2O3. The van der Waals surface area contributed by atoms with E-state index in [1.165, 1.54) is 6.08 Å². The summed E-state index contributed by atoms with van der Waals surface area (Å²) in [6.07, 6.45) is 1.33. The predicted molar refractivity (Wildman–Crippen MR) is 117 cm³/mol. The lowest BCUT2D eigenvalue weighted by atomic mass is 10.1. The van der Waals surface area contributed by atoms with Crippen molar-refractivity contribution in [2.24, 2.45) is 0 Å². The van der Waals surface area contributed by atoms with Crippen molar-refractivity contribution in [3.8, 4) is 17.4 Å². The molecule has 0 bridgehead atoms. The quantitative estimate of drug-likeness (QED) is 0.339. The van der Waals surface area contributed by atoms with E-state index in [4.69, 9.17) is 14.8 Å². The summed E-state index contributed by atoms with van der Waals surface area (Å²) in [7, 11) is 2.02. The van der Waals surface area contributed by atoms with Crippen LogP contribution >= 0.6 is 0 Å². The zero-order valence-electron chi connectivity index (χ0n) is 16.2. The fourth-order valence-corrected chi connectivity index (χ4v) is 3.24. The molecule has 0 radical (unpaired) electrons. The third kappa shape index (κ3) is 3.80. The van der Waals surface area contributed by atoms with Crippen molar-refractivity contribution in [2.45, 2.75) is 0 Å². The standard InChI is InChI=1S/C25H18N2O3/c1-27(21-5-3-2-4-6-21)22-11-9-18(10-12-22)24-15-19-8-7-17(14-23(19)30-24)13-20(16-26)25(28)29/h2-15H,1H3,(H,28,29)/b20-13+. The summed E-state index contributed by atoms with van der Waals surface area (Å²) in [4.78, 5) is 13.1. The number of hydrogen-bond donors (Lipinski definition) is 1. The van der Waals surface area contributed by atoms with Gasteiger partial charge in [-0.25, -0.2) is 4.79 Å². The van der Waals surface area contributed by atoms with Crippen molar-refractivity contribution in [2.75, 3.05) is 11.9 Å². The van der Waals surface area contributed by atoms with E-state index in [9.17, 15) is 4.79 Å². The minimum atomic E-state index is -1.25. The van der Waals surface area contributed by atoms with Crippen LogP contribution in [-0.2, 0) is 4.79 Å². The lowest BCUT2D eigenvalue weighted by Gasteiger charge is -2.19. The number of fused-ring (bicyclic) bond motifs is 1. The highest BCUT2D eigenvalue weighted by Gasteiger charge is 2.10. The van der Waals surface area contributed by atoms with Crippen molar-refractivity contribution in [1.29, 1.82) is 5.26 Å². The maximum Gasteiger partial charge on any atom is 0.346 e. The SMILES string of the molecule is CN(c1ccccc1)c1ccc(-c2cc3ccc(/C=C(\C#N)C(=O)O)cc3o2)cc1. The summed E-state index contributed by atoms with van der Waals surface area (Å²) in [5.74, 6) is -0.530. The van der Waals surface area contributed by atoms with Gasteiger partial charge in [-0.3, -0.25) is 0 Å². The summed E-state index contributed by atoms with van der Waals surface area (Å²) >= 11 is 0. The summed E-state index contributed by atoms with van der Waals surface area (Å²) in [5.41, 5.74) is 4.02. The molecular weight excluding hydrogens is 376 g/mol. The first kappa shape index (κ1) is 19.0. The van der Waals surface area contributed by atoms with Gasteiger partial charge in [0.2, 0.25) is 0 Å². The topological polar surface area (TPSA) is 77.5 Å². The molecule has 5 heteroatoms. The molecule has 0 unspecified atom stereocenters. The van der Waals surface area contributed by atoms with E-state index in [0.717, 1.165) is 28.1 Å². The Labute approximate surface area is 173 Å². The van der Waals surface area contributed by atoms with Gasteiger partial charge in [0, 0.05) is 29.4 Å². The maximum atomic E-state index is 11.0. The second-order valence-corrected chi connectivity index (χ2v) is 6.82. The largest absolute Gasteiger partial charge is 0.477 e. The average Bonchev–Trinajstić information content (AvgIpc) is 3.21. The highest BCUT2D eigenvalue weighted by Crippen LogP contribution is 2.31. The first-order chi connectivity index (χ1) is 14.5. The molecule has 4 rings (SSSR count). The summed E-state index contributed by atoms with van der Waals surface area (Å²) in [6.45, 7) is 0. The molecule has 0 saturated heterocycles. The number of benzene rings is 3. The lowest BCUT2D eigenvalue weighted by molar-refractivity contribution is -0.132. The molecule has 0 atom stereocenters. The van der Waals surface area contributed by atoms with Crippen LogP contribution in [0.15, 0.2) is 88.9 Å². The van der Waals surface area contributed by atoms with Gasteiger partial charge in [-0.15, -0.1) is 0 Å².